The smallest absolute Gasteiger partial charge is 0.106 e. The molecule has 1 fully saturated rings. The maximum Gasteiger partial charge on any atom is 0.106 e. The molecule has 0 unspecified atom stereocenters. The van der Waals surface area contributed by atoms with Crippen LogP contribution >= 0.6 is 0 Å². The van der Waals surface area contributed by atoms with Crippen LogP contribution in [-0.4, -0.2) is 12.7 Å². The van der Waals surface area contributed by atoms with E-state index in [4.69, 9.17) is 4.74 Å². The Morgan fingerprint density at radius 1 is 1.88 bits per heavy atom. The van der Waals surface area contributed by atoms with E-state index in [-0.39, 0.29) is 0 Å². The molecule has 1 saturated heterocycles. The Kier molecular flexibility index (Phi) is 1.49. The van der Waals surface area contributed by atoms with Crippen LogP contribution in [0.1, 0.15) is 6.92 Å². The van der Waals surface area contributed by atoms with Gasteiger partial charge in [0, 0.05) is 0 Å². The summed E-state index contributed by atoms with van der Waals surface area (Å²) >= 11 is 0. The van der Waals surface area contributed by atoms with E-state index in [2.05, 4.69) is 6.58 Å². The van der Waals surface area contributed by atoms with Crippen molar-refractivity contribution in [1.82, 2.24) is 0 Å². The predicted molar refractivity (Wildman–Crippen MR) is 33.7 cm³/mol. The van der Waals surface area contributed by atoms with Gasteiger partial charge < -0.3 is 4.74 Å². The van der Waals surface area contributed by atoms with Gasteiger partial charge in [-0.3, -0.25) is 0 Å². The summed E-state index contributed by atoms with van der Waals surface area (Å²) < 4.78 is 5.01. The zero-order valence-electron chi connectivity index (χ0n) is 5.05. The second-order valence-electron chi connectivity index (χ2n) is 1.81. The third kappa shape index (κ3) is 0.984. The monoisotopic (exact) mass is 110 g/mol. The van der Waals surface area contributed by atoms with Crippen LogP contribution in [-0.2, 0) is 4.74 Å². The molecule has 0 aromatic carbocycles. The summed E-state index contributed by atoms with van der Waals surface area (Å²) in [5.74, 6) is 0. The minimum absolute atomic E-state index is 0.373. The van der Waals surface area contributed by atoms with Gasteiger partial charge in [0.05, 0.1) is 6.61 Å². The summed E-state index contributed by atoms with van der Waals surface area (Å²) in [4.78, 5) is 0. The van der Waals surface area contributed by atoms with E-state index < -0.39 is 0 Å². The molecule has 1 aliphatic heterocycles. The minimum Gasteiger partial charge on any atom is -0.368 e. The highest BCUT2D eigenvalue weighted by molar-refractivity contribution is 5.23. The number of hydrogen-bond acceptors (Lipinski definition) is 1. The van der Waals surface area contributed by atoms with Gasteiger partial charge in [-0.05, 0) is 12.5 Å². The van der Waals surface area contributed by atoms with Crippen LogP contribution < -0.4 is 0 Å². The molecular formula is C7H10O. The summed E-state index contributed by atoms with van der Waals surface area (Å²) in [6, 6.07) is 0. The maximum atomic E-state index is 5.01. The Labute approximate surface area is 49.7 Å². The van der Waals surface area contributed by atoms with Crippen molar-refractivity contribution < 1.29 is 4.74 Å². The number of hydrogen-bond donors (Lipinski definition) is 0. The Balaban J connectivity index is 2.49. The van der Waals surface area contributed by atoms with Crippen molar-refractivity contribution in [3.63, 3.8) is 0 Å². The lowest BCUT2D eigenvalue weighted by Crippen LogP contribution is -1.85. The highest BCUT2D eigenvalue weighted by Gasteiger charge is 2.24. The topological polar surface area (TPSA) is 12.5 Å². The Bertz CT molecular complexity index is 120. The van der Waals surface area contributed by atoms with Gasteiger partial charge in [-0.15, -0.1) is 0 Å². The van der Waals surface area contributed by atoms with Gasteiger partial charge in [0.1, 0.15) is 6.10 Å². The van der Waals surface area contributed by atoms with Crippen molar-refractivity contribution in [2.24, 2.45) is 0 Å². The molecule has 0 aliphatic carbocycles. The molecule has 0 bridgehead atoms. The number of epoxide rings is 1. The van der Waals surface area contributed by atoms with E-state index in [1.807, 2.05) is 19.1 Å². The quantitative estimate of drug-likeness (QED) is 0.388. The number of ether oxygens (including phenoxy) is 1. The van der Waals surface area contributed by atoms with E-state index in [0.717, 1.165) is 6.61 Å². The van der Waals surface area contributed by atoms with Crippen molar-refractivity contribution in [2.75, 3.05) is 6.61 Å². The lowest BCUT2D eigenvalue weighted by molar-refractivity contribution is 0.434. The van der Waals surface area contributed by atoms with Crippen LogP contribution in [0.5, 0.6) is 0 Å². The fraction of sp³-hybridized carbons (Fsp3) is 0.429. The average molecular weight is 110 g/mol. The van der Waals surface area contributed by atoms with E-state index in [9.17, 15) is 0 Å². The first kappa shape index (κ1) is 5.57. The van der Waals surface area contributed by atoms with Gasteiger partial charge in [0.2, 0.25) is 0 Å². The van der Waals surface area contributed by atoms with E-state index in [1.165, 1.54) is 5.57 Å². The molecule has 0 radical (unpaired) electrons. The molecular weight excluding hydrogens is 100 g/mol. The largest absolute Gasteiger partial charge is 0.368 e. The second kappa shape index (κ2) is 2.14. The standard InChI is InChI=1S/C7H10O/c1-3-6(4-2)7-5-8-7/h3-4,7H,1,5H2,2H3/b6-4+/t7-/m1/s1. The zero-order chi connectivity index (χ0) is 5.98. The fourth-order valence-corrected chi connectivity index (χ4v) is 0.676. The highest BCUT2D eigenvalue weighted by atomic mass is 16.6. The van der Waals surface area contributed by atoms with Crippen molar-refractivity contribution in [1.29, 1.82) is 0 Å². The van der Waals surface area contributed by atoms with Gasteiger partial charge in [-0.1, -0.05) is 18.7 Å². The molecule has 0 amide bonds. The van der Waals surface area contributed by atoms with E-state index >= 15 is 0 Å². The summed E-state index contributed by atoms with van der Waals surface area (Å²) in [6.45, 7) is 6.52. The lowest BCUT2D eigenvalue weighted by Gasteiger charge is -1.88. The van der Waals surface area contributed by atoms with Gasteiger partial charge in [0.25, 0.3) is 0 Å². The number of rotatable bonds is 2. The molecule has 1 rings (SSSR count). The van der Waals surface area contributed by atoms with Crippen LogP contribution in [0.4, 0.5) is 0 Å². The van der Waals surface area contributed by atoms with Crippen molar-refractivity contribution in [3.05, 3.63) is 24.3 Å². The van der Waals surface area contributed by atoms with Gasteiger partial charge >= 0.3 is 0 Å². The van der Waals surface area contributed by atoms with Gasteiger partial charge in [-0.25, -0.2) is 0 Å². The molecule has 44 valence electrons. The van der Waals surface area contributed by atoms with Crippen LogP contribution in [0.2, 0.25) is 0 Å². The molecule has 0 aromatic rings. The summed E-state index contributed by atoms with van der Waals surface area (Å²) in [5.41, 5.74) is 1.21. The second-order valence-corrected chi connectivity index (χ2v) is 1.81. The predicted octanol–water partition coefficient (Wildman–Crippen LogP) is 1.52. The lowest BCUT2D eigenvalue weighted by atomic mass is 10.2. The molecule has 1 aliphatic rings. The van der Waals surface area contributed by atoms with Gasteiger partial charge in [-0.2, -0.15) is 0 Å². The SMILES string of the molecule is C=C/C(=C\C)[C@H]1CO1. The molecule has 1 nitrogen and oxygen atoms in total. The Morgan fingerprint density at radius 2 is 2.50 bits per heavy atom. The Hall–Kier alpha value is -0.560. The first-order valence-corrected chi connectivity index (χ1v) is 2.78. The summed E-state index contributed by atoms with van der Waals surface area (Å²) in [5, 5.41) is 0. The molecule has 0 aromatic heterocycles. The first-order chi connectivity index (χ1) is 3.88. The minimum atomic E-state index is 0.373. The van der Waals surface area contributed by atoms with Crippen molar-refractivity contribution in [2.45, 2.75) is 13.0 Å². The Morgan fingerprint density at radius 3 is 2.62 bits per heavy atom. The highest BCUT2D eigenvalue weighted by Crippen LogP contribution is 2.19. The molecule has 8 heavy (non-hydrogen) atoms. The zero-order valence-corrected chi connectivity index (χ0v) is 5.05. The summed E-state index contributed by atoms with van der Waals surface area (Å²) in [6.07, 6.45) is 4.25. The van der Waals surface area contributed by atoms with E-state index in [1.54, 1.807) is 0 Å². The van der Waals surface area contributed by atoms with Crippen LogP contribution in [0.15, 0.2) is 24.3 Å². The van der Waals surface area contributed by atoms with E-state index in [0.29, 0.717) is 6.10 Å². The average Bonchev–Trinajstić information content (AvgIpc) is 2.53. The van der Waals surface area contributed by atoms with Crippen LogP contribution in [0.25, 0.3) is 0 Å². The maximum absolute atomic E-state index is 5.01. The fourth-order valence-electron chi connectivity index (χ4n) is 0.676. The molecule has 0 spiro atoms. The van der Waals surface area contributed by atoms with Crippen molar-refractivity contribution >= 4 is 0 Å². The number of allylic oxidation sites excluding steroid dienone is 1. The van der Waals surface area contributed by atoms with Crippen LogP contribution in [0, 0.1) is 0 Å². The normalized spacial score (nSPS) is 27.6. The summed E-state index contributed by atoms with van der Waals surface area (Å²) in [7, 11) is 0. The molecule has 1 heterocycles. The molecule has 1 heteroatoms. The molecule has 0 N–H and O–H groups in total. The van der Waals surface area contributed by atoms with Crippen LogP contribution in [0.3, 0.4) is 0 Å². The van der Waals surface area contributed by atoms with Crippen molar-refractivity contribution in [3.8, 4) is 0 Å². The third-order valence-corrected chi connectivity index (χ3v) is 1.27. The van der Waals surface area contributed by atoms with Gasteiger partial charge in [0.15, 0.2) is 0 Å². The first-order valence-electron chi connectivity index (χ1n) is 2.78. The molecule has 0 saturated carbocycles. The molecule has 1 atom stereocenters. The third-order valence-electron chi connectivity index (χ3n) is 1.27.